The van der Waals surface area contributed by atoms with Crippen LogP contribution in [0.25, 0.3) is 0 Å². The number of aliphatic carboxylic acids is 1. The maximum Gasteiger partial charge on any atom is 0.303 e. The molecule has 1 fully saturated rings. The Morgan fingerprint density at radius 3 is 2.55 bits per heavy atom. The van der Waals surface area contributed by atoms with Crippen LogP contribution in [0.5, 0.6) is 0 Å². The van der Waals surface area contributed by atoms with Crippen molar-refractivity contribution in [1.29, 1.82) is 0 Å². The van der Waals surface area contributed by atoms with Crippen LogP contribution in [0.3, 0.4) is 0 Å². The molecule has 22 heavy (non-hydrogen) atoms. The monoisotopic (exact) mass is 333 g/mol. The first kappa shape index (κ1) is 19.4. The molecule has 6 heteroatoms. The van der Waals surface area contributed by atoms with E-state index >= 15 is 0 Å². The number of carbonyl (C=O) groups is 1. The van der Waals surface area contributed by atoms with Gasteiger partial charge in [0.1, 0.15) is 0 Å². The second-order valence-corrected chi connectivity index (χ2v) is 8.32. The molecule has 0 saturated carbocycles. The van der Waals surface area contributed by atoms with E-state index < -0.39 is 16.0 Å². The number of hydrogen-bond acceptors (Lipinski definition) is 3. The molecule has 1 aliphatic heterocycles. The van der Waals surface area contributed by atoms with E-state index in [-0.39, 0.29) is 18.2 Å². The Morgan fingerprint density at radius 2 is 1.86 bits per heavy atom. The fourth-order valence-electron chi connectivity index (χ4n) is 3.13. The second kappa shape index (κ2) is 10.2. The van der Waals surface area contributed by atoms with Gasteiger partial charge in [-0.05, 0) is 32.1 Å². The van der Waals surface area contributed by atoms with Crippen molar-refractivity contribution >= 4 is 16.0 Å². The Kier molecular flexibility index (Phi) is 9.02. The van der Waals surface area contributed by atoms with Crippen molar-refractivity contribution in [3.63, 3.8) is 0 Å². The molecule has 0 aliphatic carbocycles. The van der Waals surface area contributed by atoms with Gasteiger partial charge in [0.15, 0.2) is 0 Å². The smallest absolute Gasteiger partial charge is 0.303 e. The number of unbranched alkanes of at least 4 members (excludes halogenated alkanes) is 5. The van der Waals surface area contributed by atoms with Gasteiger partial charge in [-0.2, -0.15) is 4.31 Å². The van der Waals surface area contributed by atoms with Crippen LogP contribution in [0.1, 0.15) is 77.6 Å². The van der Waals surface area contributed by atoms with Gasteiger partial charge in [-0.25, -0.2) is 8.42 Å². The van der Waals surface area contributed by atoms with Crippen molar-refractivity contribution in [3.05, 3.63) is 0 Å². The Bertz CT molecular complexity index is 422. The van der Waals surface area contributed by atoms with Crippen LogP contribution >= 0.6 is 0 Å². The number of carboxylic acid groups (broad SMARTS) is 1. The van der Waals surface area contributed by atoms with Crippen LogP contribution < -0.4 is 0 Å². The summed E-state index contributed by atoms with van der Waals surface area (Å²) in [5.41, 5.74) is 0. The first-order valence-electron chi connectivity index (χ1n) is 8.68. The Balaban J connectivity index is 2.29. The third-order valence-corrected chi connectivity index (χ3v) is 6.36. The summed E-state index contributed by atoms with van der Waals surface area (Å²) in [6.07, 6.45) is 9.49. The van der Waals surface area contributed by atoms with Gasteiger partial charge in [0.2, 0.25) is 10.0 Å². The SMILES string of the molecule is CCCCCS(=O)(=O)N1CCCC1CCCCCCC(=O)O. The van der Waals surface area contributed by atoms with Crippen LogP contribution in [-0.4, -0.2) is 42.1 Å². The minimum atomic E-state index is -3.08. The van der Waals surface area contributed by atoms with Crippen molar-refractivity contribution in [3.8, 4) is 0 Å². The van der Waals surface area contributed by atoms with Crippen LogP contribution in [-0.2, 0) is 14.8 Å². The van der Waals surface area contributed by atoms with Gasteiger partial charge in [0.05, 0.1) is 5.75 Å². The average molecular weight is 333 g/mol. The molecule has 1 heterocycles. The zero-order valence-electron chi connectivity index (χ0n) is 13.8. The average Bonchev–Trinajstić information content (AvgIpc) is 2.92. The lowest BCUT2D eigenvalue weighted by atomic mass is 10.1. The molecule has 5 nitrogen and oxygen atoms in total. The highest BCUT2D eigenvalue weighted by Gasteiger charge is 2.32. The molecule has 0 bridgehead atoms. The van der Waals surface area contributed by atoms with E-state index in [4.69, 9.17) is 5.11 Å². The summed E-state index contributed by atoms with van der Waals surface area (Å²) < 4.78 is 26.5. The molecule has 1 N–H and O–H groups in total. The van der Waals surface area contributed by atoms with Crippen LogP contribution in [0.4, 0.5) is 0 Å². The fraction of sp³-hybridized carbons (Fsp3) is 0.938. The summed E-state index contributed by atoms with van der Waals surface area (Å²) >= 11 is 0. The van der Waals surface area contributed by atoms with E-state index in [1.165, 1.54) is 0 Å². The molecule has 1 aliphatic rings. The summed E-state index contributed by atoms with van der Waals surface area (Å²) in [4.78, 5) is 10.4. The van der Waals surface area contributed by atoms with Gasteiger partial charge in [0.25, 0.3) is 0 Å². The molecule has 0 aromatic carbocycles. The van der Waals surface area contributed by atoms with Crippen molar-refractivity contribution in [2.75, 3.05) is 12.3 Å². The lowest BCUT2D eigenvalue weighted by Gasteiger charge is -2.24. The van der Waals surface area contributed by atoms with Crippen LogP contribution in [0.2, 0.25) is 0 Å². The summed E-state index contributed by atoms with van der Waals surface area (Å²) in [6, 6.07) is 0.172. The summed E-state index contributed by atoms with van der Waals surface area (Å²) in [5, 5.41) is 8.58. The summed E-state index contributed by atoms with van der Waals surface area (Å²) in [7, 11) is -3.08. The number of carboxylic acids is 1. The van der Waals surface area contributed by atoms with Gasteiger partial charge < -0.3 is 5.11 Å². The highest BCUT2D eigenvalue weighted by molar-refractivity contribution is 7.89. The van der Waals surface area contributed by atoms with Gasteiger partial charge in [0, 0.05) is 19.0 Å². The van der Waals surface area contributed by atoms with E-state index in [1.807, 2.05) is 0 Å². The highest BCUT2D eigenvalue weighted by atomic mass is 32.2. The number of sulfonamides is 1. The number of hydrogen-bond donors (Lipinski definition) is 1. The minimum Gasteiger partial charge on any atom is -0.481 e. The minimum absolute atomic E-state index is 0.172. The second-order valence-electron chi connectivity index (χ2n) is 6.28. The summed E-state index contributed by atoms with van der Waals surface area (Å²) in [5.74, 6) is -0.448. The van der Waals surface area contributed by atoms with Gasteiger partial charge in [-0.1, -0.05) is 39.0 Å². The van der Waals surface area contributed by atoms with Crippen LogP contribution in [0, 0.1) is 0 Å². The van der Waals surface area contributed by atoms with Crippen molar-refractivity contribution in [1.82, 2.24) is 4.31 Å². The molecular formula is C16H31NO4S. The summed E-state index contributed by atoms with van der Waals surface area (Å²) in [6.45, 7) is 2.76. The maximum atomic E-state index is 12.4. The molecule has 0 aromatic heterocycles. The Hall–Kier alpha value is -0.620. The first-order chi connectivity index (χ1) is 10.5. The van der Waals surface area contributed by atoms with E-state index in [2.05, 4.69) is 6.92 Å². The predicted molar refractivity (Wildman–Crippen MR) is 88.4 cm³/mol. The van der Waals surface area contributed by atoms with E-state index in [0.29, 0.717) is 6.54 Å². The van der Waals surface area contributed by atoms with Gasteiger partial charge >= 0.3 is 5.97 Å². The molecule has 1 rings (SSSR count). The van der Waals surface area contributed by atoms with E-state index in [0.717, 1.165) is 64.2 Å². The third kappa shape index (κ3) is 7.09. The molecule has 1 atom stereocenters. The van der Waals surface area contributed by atoms with Crippen molar-refractivity contribution in [2.45, 2.75) is 83.6 Å². The molecule has 0 spiro atoms. The lowest BCUT2D eigenvalue weighted by Crippen LogP contribution is -2.37. The molecule has 130 valence electrons. The molecule has 0 amide bonds. The molecule has 0 aromatic rings. The predicted octanol–water partition coefficient (Wildman–Crippen LogP) is 3.40. The van der Waals surface area contributed by atoms with Gasteiger partial charge in [-0.3, -0.25) is 4.79 Å². The largest absolute Gasteiger partial charge is 0.481 e. The first-order valence-corrected chi connectivity index (χ1v) is 10.3. The maximum absolute atomic E-state index is 12.4. The molecule has 1 saturated heterocycles. The normalized spacial score (nSPS) is 19.6. The quantitative estimate of drug-likeness (QED) is 0.555. The lowest BCUT2D eigenvalue weighted by molar-refractivity contribution is -0.137. The van der Waals surface area contributed by atoms with E-state index in [1.54, 1.807) is 4.31 Å². The fourth-order valence-corrected chi connectivity index (χ4v) is 5.00. The van der Waals surface area contributed by atoms with Crippen LogP contribution in [0.15, 0.2) is 0 Å². The molecule has 0 radical (unpaired) electrons. The zero-order valence-corrected chi connectivity index (χ0v) is 14.6. The Labute approximate surface area is 135 Å². The third-order valence-electron chi connectivity index (χ3n) is 4.36. The van der Waals surface area contributed by atoms with Crippen molar-refractivity contribution in [2.24, 2.45) is 0 Å². The van der Waals surface area contributed by atoms with Crippen molar-refractivity contribution < 1.29 is 18.3 Å². The number of rotatable bonds is 12. The zero-order chi connectivity index (χ0) is 16.4. The molecule has 1 unspecified atom stereocenters. The number of nitrogens with zero attached hydrogens (tertiary/aromatic N) is 1. The van der Waals surface area contributed by atoms with E-state index in [9.17, 15) is 13.2 Å². The highest BCUT2D eigenvalue weighted by Crippen LogP contribution is 2.26. The van der Waals surface area contributed by atoms with Gasteiger partial charge in [-0.15, -0.1) is 0 Å². The standard InChI is InChI=1S/C16H31NO4S/c1-2-3-8-14-22(20,21)17-13-9-11-15(17)10-6-4-5-7-12-16(18)19/h15H,2-14H2,1H3,(H,18,19). The Morgan fingerprint density at radius 1 is 1.14 bits per heavy atom. The molecular weight excluding hydrogens is 302 g/mol. The topological polar surface area (TPSA) is 74.7 Å².